The van der Waals surface area contributed by atoms with Crippen molar-refractivity contribution in [2.24, 2.45) is 0 Å². The number of aromatic nitrogens is 5. The van der Waals surface area contributed by atoms with E-state index in [0.717, 1.165) is 33.5 Å². The Morgan fingerprint density at radius 1 is 1.17 bits per heavy atom. The van der Waals surface area contributed by atoms with Gasteiger partial charge in [-0.25, -0.2) is 9.50 Å². The minimum absolute atomic E-state index is 0.156. The number of nitrogens with one attached hydrogen (secondary N) is 1. The minimum atomic E-state index is -0.423. The van der Waals surface area contributed by atoms with Gasteiger partial charge in [0.2, 0.25) is 5.78 Å². The van der Waals surface area contributed by atoms with Gasteiger partial charge in [-0.15, -0.1) is 0 Å². The first-order valence-corrected chi connectivity index (χ1v) is 9.37. The Labute approximate surface area is 166 Å². The van der Waals surface area contributed by atoms with Gasteiger partial charge in [0.05, 0.1) is 0 Å². The molecule has 0 aliphatic rings. The van der Waals surface area contributed by atoms with Gasteiger partial charge < -0.3 is 9.72 Å². The summed E-state index contributed by atoms with van der Waals surface area (Å²) in [5.74, 6) is -0.106. The highest BCUT2D eigenvalue weighted by Crippen LogP contribution is 2.22. The fraction of sp³-hybridized carbons (Fsp3) is 0.286. The largest absolute Gasteiger partial charge is 0.457 e. The summed E-state index contributed by atoms with van der Waals surface area (Å²) in [6.07, 6.45) is 2.06. The number of aromatic amines is 1. The zero-order valence-corrected chi connectivity index (χ0v) is 16.5. The third-order valence-electron chi connectivity index (χ3n) is 5.10. The lowest BCUT2D eigenvalue weighted by molar-refractivity contribution is -0.142. The van der Waals surface area contributed by atoms with Crippen LogP contribution in [0.5, 0.6) is 0 Å². The SMILES string of the molecule is Cc1nc2ncnn2c(C)c1CCC(=O)OCC(=O)c1c(C)[nH]c2ccccc12. The molecular formula is C21H21N5O3. The number of carbonyl (C=O) groups is 2. The minimum Gasteiger partial charge on any atom is -0.457 e. The van der Waals surface area contributed by atoms with Crippen molar-refractivity contribution in [3.63, 3.8) is 0 Å². The highest BCUT2D eigenvalue weighted by molar-refractivity contribution is 6.10. The van der Waals surface area contributed by atoms with Crippen LogP contribution >= 0.6 is 0 Å². The number of aryl methyl sites for hydroxylation is 3. The van der Waals surface area contributed by atoms with Crippen molar-refractivity contribution in [3.05, 3.63) is 58.8 Å². The molecule has 3 heterocycles. The average molecular weight is 391 g/mol. The van der Waals surface area contributed by atoms with E-state index in [1.54, 1.807) is 4.52 Å². The molecule has 8 heteroatoms. The zero-order chi connectivity index (χ0) is 20.5. The van der Waals surface area contributed by atoms with Crippen molar-refractivity contribution < 1.29 is 14.3 Å². The normalized spacial score (nSPS) is 11.3. The van der Waals surface area contributed by atoms with E-state index in [1.807, 2.05) is 45.0 Å². The van der Waals surface area contributed by atoms with Crippen molar-refractivity contribution in [1.29, 1.82) is 0 Å². The van der Waals surface area contributed by atoms with Crippen molar-refractivity contribution >= 4 is 28.4 Å². The number of Topliss-reactive ketones (excluding diaryl/α,β-unsaturated/α-hetero) is 1. The van der Waals surface area contributed by atoms with Crippen LogP contribution in [-0.4, -0.2) is 42.9 Å². The van der Waals surface area contributed by atoms with Crippen LogP contribution in [-0.2, 0) is 16.0 Å². The molecule has 0 saturated heterocycles. The molecule has 0 aliphatic heterocycles. The number of H-pyrrole nitrogens is 1. The molecule has 4 aromatic rings. The molecule has 0 bridgehead atoms. The fourth-order valence-corrected chi connectivity index (χ4v) is 3.67. The zero-order valence-electron chi connectivity index (χ0n) is 16.5. The topological polar surface area (TPSA) is 102 Å². The molecule has 1 aromatic carbocycles. The van der Waals surface area contributed by atoms with Crippen molar-refractivity contribution in [1.82, 2.24) is 24.6 Å². The summed E-state index contributed by atoms with van der Waals surface area (Å²) in [6, 6.07) is 7.58. The Morgan fingerprint density at radius 3 is 2.79 bits per heavy atom. The third kappa shape index (κ3) is 3.49. The summed E-state index contributed by atoms with van der Waals surface area (Å²) >= 11 is 0. The number of ketones is 1. The van der Waals surface area contributed by atoms with Gasteiger partial charge in [0.25, 0.3) is 5.78 Å². The summed E-state index contributed by atoms with van der Waals surface area (Å²) in [5, 5.41) is 4.98. The number of hydrogen-bond donors (Lipinski definition) is 1. The summed E-state index contributed by atoms with van der Waals surface area (Å²) in [4.78, 5) is 36.5. The highest BCUT2D eigenvalue weighted by Gasteiger charge is 2.18. The predicted molar refractivity (Wildman–Crippen MR) is 107 cm³/mol. The number of rotatable bonds is 6. The predicted octanol–water partition coefficient (Wildman–Crippen LogP) is 2.89. The van der Waals surface area contributed by atoms with Gasteiger partial charge in [0.1, 0.15) is 6.33 Å². The molecule has 3 aromatic heterocycles. The van der Waals surface area contributed by atoms with E-state index in [0.29, 0.717) is 17.8 Å². The van der Waals surface area contributed by atoms with E-state index in [2.05, 4.69) is 20.1 Å². The maximum Gasteiger partial charge on any atom is 0.306 e. The first kappa shape index (κ1) is 18.8. The lowest BCUT2D eigenvalue weighted by Gasteiger charge is -2.10. The number of carbonyl (C=O) groups excluding carboxylic acids is 2. The Kier molecular flexibility index (Phi) is 4.84. The van der Waals surface area contributed by atoms with Crippen molar-refractivity contribution in [3.8, 4) is 0 Å². The summed E-state index contributed by atoms with van der Waals surface area (Å²) in [6.45, 7) is 5.36. The molecule has 29 heavy (non-hydrogen) atoms. The number of para-hydroxylation sites is 1. The third-order valence-corrected chi connectivity index (χ3v) is 5.10. The maximum absolute atomic E-state index is 12.6. The fourth-order valence-electron chi connectivity index (χ4n) is 3.67. The monoisotopic (exact) mass is 391 g/mol. The highest BCUT2D eigenvalue weighted by atomic mass is 16.5. The van der Waals surface area contributed by atoms with E-state index in [1.165, 1.54) is 6.33 Å². The van der Waals surface area contributed by atoms with Gasteiger partial charge in [0.15, 0.2) is 6.61 Å². The molecule has 0 atom stereocenters. The van der Waals surface area contributed by atoms with Crippen molar-refractivity contribution in [2.75, 3.05) is 6.61 Å². The molecule has 0 aliphatic carbocycles. The molecule has 148 valence electrons. The molecule has 0 radical (unpaired) electrons. The number of ether oxygens (including phenoxy) is 1. The first-order valence-electron chi connectivity index (χ1n) is 9.37. The number of fused-ring (bicyclic) bond motifs is 2. The molecule has 0 fully saturated rings. The second-order valence-electron chi connectivity index (χ2n) is 6.99. The molecule has 0 unspecified atom stereocenters. The smallest absolute Gasteiger partial charge is 0.306 e. The number of benzene rings is 1. The van der Waals surface area contributed by atoms with Crippen molar-refractivity contribution in [2.45, 2.75) is 33.6 Å². The van der Waals surface area contributed by atoms with Crippen LogP contribution in [0.15, 0.2) is 30.6 Å². The maximum atomic E-state index is 12.6. The van der Waals surface area contributed by atoms with Gasteiger partial charge in [0, 0.05) is 40.0 Å². The molecule has 1 N–H and O–H groups in total. The summed E-state index contributed by atoms with van der Waals surface area (Å²) in [7, 11) is 0. The van der Waals surface area contributed by atoms with E-state index in [4.69, 9.17) is 4.74 Å². The number of hydrogen-bond acceptors (Lipinski definition) is 6. The summed E-state index contributed by atoms with van der Waals surface area (Å²) in [5.41, 5.74) is 4.86. The van der Waals surface area contributed by atoms with Gasteiger partial charge in [-0.05, 0) is 38.8 Å². The number of esters is 1. The summed E-state index contributed by atoms with van der Waals surface area (Å²) < 4.78 is 6.90. The lowest BCUT2D eigenvalue weighted by atomic mass is 10.1. The second kappa shape index (κ2) is 7.46. The average Bonchev–Trinajstić information content (AvgIpc) is 3.29. The van der Waals surface area contributed by atoms with E-state index in [-0.39, 0.29) is 18.8 Å². The lowest BCUT2D eigenvalue weighted by Crippen LogP contribution is -2.16. The van der Waals surface area contributed by atoms with Crippen LogP contribution in [0.1, 0.15) is 39.4 Å². The Hall–Kier alpha value is -3.55. The molecule has 4 rings (SSSR count). The van der Waals surface area contributed by atoms with Gasteiger partial charge in [-0.2, -0.15) is 10.1 Å². The van der Waals surface area contributed by atoms with E-state index < -0.39 is 5.97 Å². The molecular weight excluding hydrogens is 370 g/mol. The van der Waals surface area contributed by atoms with Gasteiger partial charge in [-0.3, -0.25) is 9.59 Å². The quantitative estimate of drug-likeness (QED) is 0.400. The second-order valence-corrected chi connectivity index (χ2v) is 6.99. The Morgan fingerprint density at radius 2 is 1.97 bits per heavy atom. The first-order chi connectivity index (χ1) is 14.0. The van der Waals surface area contributed by atoms with E-state index in [9.17, 15) is 9.59 Å². The Balaban J connectivity index is 1.40. The van der Waals surface area contributed by atoms with Crippen LogP contribution < -0.4 is 0 Å². The van der Waals surface area contributed by atoms with Crippen LogP contribution in [0.4, 0.5) is 0 Å². The molecule has 0 saturated carbocycles. The van der Waals surface area contributed by atoms with E-state index >= 15 is 0 Å². The van der Waals surface area contributed by atoms with Crippen LogP contribution in [0, 0.1) is 20.8 Å². The standard InChI is InChI=1S/C21H21N5O3/c1-12-15(14(3)26-21(25-12)22-11-23-26)8-9-19(28)29-10-18(27)20-13(2)24-17-7-5-4-6-16(17)20/h4-7,11,24H,8-10H2,1-3H3. The molecule has 0 spiro atoms. The van der Waals surface area contributed by atoms with Crippen LogP contribution in [0.2, 0.25) is 0 Å². The molecule has 0 amide bonds. The van der Waals surface area contributed by atoms with Gasteiger partial charge >= 0.3 is 5.97 Å². The van der Waals surface area contributed by atoms with Crippen LogP contribution in [0.25, 0.3) is 16.7 Å². The molecule has 8 nitrogen and oxygen atoms in total. The number of nitrogens with zero attached hydrogens (tertiary/aromatic N) is 4. The van der Waals surface area contributed by atoms with Crippen LogP contribution in [0.3, 0.4) is 0 Å². The Bertz CT molecular complexity index is 1240. The van der Waals surface area contributed by atoms with Gasteiger partial charge in [-0.1, -0.05) is 18.2 Å².